The molecule has 0 aromatic carbocycles. The van der Waals surface area contributed by atoms with Crippen LogP contribution in [-0.2, 0) is 22.5 Å². The molecule has 4 nitrogen and oxygen atoms in total. The highest BCUT2D eigenvalue weighted by Crippen LogP contribution is 2.19. The van der Waals surface area contributed by atoms with Crippen molar-refractivity contribution in [2.45, 2.75) is 13.0 Å². The van der Waals surface area contributed by atoms with Crippen LogP contribution in [-0.4, -0.2) is 30.8 Å². The maximum Gasteiger partial charge on any atom is 0.146 e. The van der Waals surface area contributed by atoms with Gasteiger partial charge in [0.2, 0.25) is 0 Å². The molecule has 0 unspecified atom stereocenters. The van der Waals surface area contributed by atoms with Crippen molar-refractivity contribution in [3.63, 3.8) is 0 Å². The van der Waals surface area contributed by atoms with E-state index in [2.05, 4.69) is 32.6 Å². The number of hydrogen-bond donors (Lipinski definition) is 0. The Morgan fingerprint density at radius 1 is 1.27 bits per heavy atom. The molecule has 0 aliphatic rings. The van der Waals surface area contributed by atoms with Gasteiger partial charge in [-0.05, 0) is 22.6 Å². The Balaban J connectivity index is 2.90. The first-order valence-electron chi connectivity index (χ1n) is 4.37. The second-order valence-electron chi connectivity index (χ2n) is 2.87. The molecule has 0 radical (unpaired) electrons. The molecular formula is C9H12ClIN2O2. The fraction of sp³-hybridized carbons (Fsp3) is 0.556. The van der Waals surface area contributed by atoms with Crippen molar-refractivity contribution in [2.75, 3.05) is 20.8 Å². The zero-order valence-corrected chi connectivity index (χ0v) is 11.5. The van der Waals surface area contributed by atoms with Crippen molar-refractivity contribution < 1.29 is 9.47 Å². The van der Waals surface area contributed by atoms with Gasteiger partial charge in [-0.1, -0.05) is 11.6 Å². The monoisotopic (exact) mass is 342 g/mol. The number of halogens is 2. The van der Waals surface area contributed by atoms with Crippen molar-refractivity contribution >= 4 is 34.2 Å². The van der Waals surface area contributed by atoms with Crippen molar-refractivity contribution in [3.05, 3.63) is 20.2 Å². The fourth-order valence-corrected chi connectivity index (χ4v) is 1.65. The molecule has 0 spiro atoms. The normalized spacial score (nSPS) is 10.7. The van der Waals surface area contributed by atoms with Crippen LogP contribution in [0.3, 0.4) is 0 Å². The van der Waals surface area contributed by atoms with E-state index in [9.17, 15) is 0 Å². The van der Waals surface area contributed by atoms with E-state index in [0.717, 1.165) is 9.26 Å². The first kappa shape index (κ1) is 13.1. The molecule has 84 valence electrons. The number of rotatable bonds is 5. The van der Waals surface area contributed by atoms with Crippen LogP contribution >= 0.6 is 34.2 Å². The van der Waals surface area contributed by atoms with Crippen molar-refractivity contribution in [3.8, 4) is 0 Å². The Morgan fingerprint density at radius 3 is 2.60 bits per heavy atom. The van der Waals surface area contributed by atoms with Crippen LogP contribution in [0, 0.1) is 3.57 Å². The van der Waals surface area contributed by atoms with Gasteiger partial charge in [0.1, 0.15) is 11.0 Å². The molecule has 0 N–H and O–H groups in total. The van der Waals surface area contributed by atoms with Crippen LogP contribution in [0.5, 0.6) is 0 Å². The van der Waals surface area contributed by atoms with Gasteiger partial charge in [0.15, 0.2) is 0 Å². The third kappa shape index (κ3) is 3.82. The van der Waals surface area contributed by atoms with E-state index in [1.165, 1.54) is 0 Å². The highest BCUT2D eigenvalue weighted by atomic mass is 127. The van der Waals surface area contributed by atoms with Crippen LogP contribution in [0.4, 0.5) is 0 Å². The van der Waals surface area contributed by atoms with Gasteiger partial charge in [0.25, 0.3) is 0 Å². The number of nitrogens with zero attached hydrogens (tertiary/aromatic N) is 2. The fourth-order valence-electron chi connectivity index (χ4n) is 1.05. The van der Waals surface area contributed by atoms with Gasteiger partial charge in [-0.3, -0.25) is 0 Å². The lowest BCUT2D eigenvalue weighted by molar-refractivity contribution is 0.179. The summed E-state index contributed by atoms with van der Waals surface area (Å²) in [6.07, 6.45) is 0.657. The number of aromatic nitrogens is 2. The van der Waals surface area contributed by atoms with Gasteiger partial charge >= 0.3 is 0 Å². The minimum Gasteiger partial charge on any atom is -0.384 e. The highest BCUT2D eigenvalue weighted by Gasteiger charge is 2.10. The molecule has 0 saturated heterocycles. The summed E-state index contributed by atoms with van der Waals surface area (Å²) in [5, 5.41) is 0.476. The molecule has 0 aliphatic carbocycles. The quantitative estimate of drug-likeness (QED) is 0.607. The van der Waals surface area contributed by atoms with Crippen molar-refractivity contribution in [2.24, 2.45) is 0 Å². The first-order chi connectivity index (χ1) is 7.19. The SMILES string of the molecule is COCCc1nc(Cl)c(I)c(COC)n1. The summed E-state index contributed by atoms with van der Waals surface area (Å²) < 4.78 is 10.8. The summed E-state index contributed by atoms with van der Waals surface area (Å²) in [6.45, 7) is 1.03. The second kappa shape index (κ2) is 6.57. The van der Waals surface area contributed by atoms with E-state index >= 15 is 0 Å². The molecule has 0 bridgehead atoms. The molecular weight excluding hydrogens is 330 g/mol. The summed E-state index contributed by atoms with van der Waals surface area (Å²) in [7, 11) is 3.27. The predicted octanol–water partition coefficient (Wildman–Crippen LogP) is 2.07. The van der Waals surface area contributed by atoms with Crippen molar-refractivity contribution in [1.29, 1.82) is 0 Å². The largest absolute Gasteiger partial charge is 0.384 e. The minimum absolute atomic E-state index is 0.445. The minimum atomic E-state index is 0.445. The number of methoxy groups -OCH3 is 2. The maximum atomic E-state index is 5.98. The van der Waals surface area contributed by atoms with E-state index in [4.69, 9.17) is 21.1 Å². The van der Waals surface area contributed by atoms with Crippen LogP contribution in [0.1, 0.15) is 11.5 Å². The average Bonchev–Trinajstić information content (AvgIpc) is 2.22. The molecule has 6 heteroatoms. The van der Waals surface area contributed by atoms with Gasteiger partial charge in [0, 0.05) is 20.6 Å². The van der Waals surface area contributed by atoms with E-state index in [-0.39, 0.29) is 0 Å². The molecule has 1 aromatic rings. The van der Waals surface area contributed by atoms with Crippen molar-refractivity contribution in [1.82, 2.24) is 9.97 Å². The van der Waals surface area contributed by atoms with E-state index < -0.39 is 0 Å². The Morgan fingerprint density at radius 2 is 2.00 bits per heavy atom. The standard InChI is InChI=1S/C9H12ClIN2O2/c1-14-4-3-7-12-6(5-15-2)8(11)9(10)13-7/h3-5H2,1-2H3. The average molecular weight is 343 g/mol. The molecule has 15 heavy (non-hydrogen) atoms. The summed E-state index contributed by atoms with van der Waals surface area (Å²) in [5.74, 6) is 0.689. The lowest BCUT2D eigenvalue weighted by atomic mass is 10.3. The van der Waals surface area contributed by atoms with Crippen LogP contribution in [0.2, 0.25) is 5.15 Å². The molecule has 0 saturated carbocycles. The molecule has 0 aliphatic heterocycles. The van der Waals surface area contributed by atoms with E-state index in [0.29, 0.717) is 30.6 Å². The Hall–Kier alpha value is 0.0200. The summed E-state index contributed by atoms with van der Waals surface area (Å²) >= 11 is 8.09. The van der Waals surface area contributed by atoms with Gasteiger partial charge in [-0.2, -0.15) is 0 Å². The maximum absolute atomic E-state index is 5.98. The topological polar surface area (TPSA) is 44.2 Å². The number of hydrogen-bond acceptors (Lipinski definition) is 4. The zero-order chi connectivity index (χ0) is 11.3. The number of ether oxygens (including phenoxy) is 2. The summed E-state index contributed by atoms with van der Waals surface area (Å²) in [6, 6.07) is 0. The predicted molar refractivity (Wildman–Crippen MR) is 66.1 cm³/mol. The van der Waals surface area contributed by atoms with Gasteiger partial charge in [-0.15, -0.1) is 0 Å². The highest BCUT2D eigenvalue weighted by molar-refractivity contribution is 14.1. The molecule has 0 fully saturated rings. The molecule has 0 amide bonds. The zero-order valence-electron chi connectivity index (χ0n) is 8.59. The van der Waals surface area contributed by atoms with Crippen LogP contribution in [0.25, 0.3) is 0 Å². The summed E-state index contributed by atoms with van der Waals surface area (Å²) in [5.41, 5.74) is 0.823. The van der Waals surface area contributed by atoms with E-state index in [1.54, 1.807) is 14.2 Å². The lowest BCUT2D eigenvalue weighted by Crippen LogP contribution is -2.07. The molecule has 1 aromatic heterocycles. The summed E-state index contributed by atoms with van der Waals surface area (Å²) in [4.78, 5) is 8.52. The first-order valence-corrected chi connectivity index (χ1v) is 5.83. The molecule has 1 rings (SSSR count). The molecule has 0 atom stereocenters. The Bertz CT molecular complexity index is 336. The van der Waals surface area contributed by atoms with Gasteiger partial charge < -0.3 is 9.47 Å². The third-order valence-electron chi connectivity index (χ3n) is 1.74. The second-order valence-corrected chi connectivity index (χ2v) is 4.30. The lowest BCUT2D eigenvalue weighted by Gasteiger charge is -2.07. The van der Waals surface area contributed by atoms with Gasteiger partial charge in [0.05, 0.1) is 22.5 Å². The van der Waals surface area contributed by atoms with Gasteiger partial charge in [-0.25, -0.2) is 9.97 Å². The Labute approximate surface area is 107 Å². The Kier molecular flexibility index (Phi) is 5.73. The van der Waals surface area contributed by atoms with Crippen LogP contribution < -0.4 is 0 Å². The van der Waals surface area contributed by atoms with E-state index in [1.807, 2.05) is 0 Å². The molecule has 1 heterocycles. The van der Waals surface area contributed by atoms with Crippen LogP contribution in [0.15, 0.2) is 0 Å². The third-order valence-corrected chi connectivity index (χ3v) is 3.46. The smallest absolute Gasteiger partial charge is 0.146 e.